The molecule has 0 saturated heterocycles. The molecule has 0 spiro atoms. The predicted molar refractivity (Wildman–Crippen MR) is 156 cm³/mol. The molecule has 1 atom stereocenters. The molecule has 0 fully saturated rings. The summed E-state index contributed by atoms with van der Waals surface area (Å²) in [6.45, 7) is 6.83. The van der Waals surface area contributed by atoms with Crippen molar-refractivity contribution in [3.63, 3.8) is 0 Å². The topological polar surface area (TPSA) is 79.1 Å². The third-order valence-corrected chi connectivity index (χ3v) is 7.37. The SMILES string of the molecule is CCOC(=O)C1=C(c2ccccc2)N=c2s/c(=C\c3ccccc3OCC)c(=O)n2[C@@H]1c1ccc(OCC)cc1. The molecule has 0 unspecified atom stereocenters. The van der Waals surface area contributed by atoms with Crippen LogP contribution in [-0.2, 0) is 9.53 Å². The fraction of sp³-hybridized carbons (Fsp3) is 0.219. The van der Waals surface area contributed by atoms with E-state index in [2.05, 4.69) is 0 Å². The number of ether oxygens (including phenoxy) is 3. The van der Waals surface area contributed by atoms with Crippen molar-refractivity contribution >= 4 is 29.1 Å². The molecule has 2 heterocycles. The number of rotatable bonds is 9. The van der Waals surface area contributed by atoms with Crippen LogP contribution in [0.1, 0.15) is 43.5 Å². The Morgan fingerprint density at radius 3 is 2.30 bits per heavy atom. The van der Waals surface area contributed by atoms with Gasteiger partial charge in [0.1, 0.15) is 11.5 Å². The van der Waals surface area contributed by atoms with Crippen molar-refractivity contribution < 1.29 is 19.0 Å². The third-order valence-electron chi connectivity index (χ3n) is 6.39. The van der Waals surface area contributed by atoms with Crippen molar-refractivity contribution in [2.24, 2.45) is 4.99 Å². The molecule has 0 N–H and O–H groups in total. The Morgan fingerprint density at radius 1 is 0.900 bits per heavy atom. The van der Waals surface area contributed by atoms with E-state index in [-0.39, 0.29) is 12.2 Å². The Hall–Kier alpha value is -4.43. The molecular weight excluding hydrogens is 524 g/mol. The number of benzene rings is 3. The van der Waals surface area contributed by atoms with Gasteiger partial charge in [-0.05, 0) is 50.6 Å². The summed E-state index contributed by atoms with van der Waals surface area (Å²) < 4.78 is 19.0. The summed E-state index contributed by atoms with van der Waals surface area (Å²) in [7, 11) is 0. The van der Waals surface area contributed by atoms with Crippen LogP contribution in [0.5, 0.6) is 11.5 Å². The molecule has 1 aliphatic rings. The Balaban J connectivity index is 1.79. The van der Waals surface area contributed by atoms with E-state index in [9.17, 15) is 9.59 Å². The van der Waals surface area contributed by atoms with Gasteiger partial charge in [-0.3, -0.25) is 9.36 Å². The number of carbonyl (C=O) groups is 1. The molecule has 5 rings (SSSR count). The number of para-hydroxylation sites is 1. The first-order valence-corrected chi connectivity index (χ1v) is 14.1. The van der Waals surface area contributed by atoms with Crippen LogP contribution in [0.25, 0.3) is 11.8 Å². The van der Waals surface area contributed by atoms with Gasteiger partial charge in [0.15, 0.2) is 4.80 Å². The lowest BCUT2D eigenvalue weighted by molar-refractivity contribution is -0.138. The zero-order chi connectivity index (χ0) is 28.1. The second-order valence-corrected chi connectivity index (χ2v) is 9.91. The summed E-state index contributed by atoms with van der Waals surface area (Å²) in [6.07, 6.45) is 1.82. The lowest BCUT2D eigenvalue weighted by atomic mass is 9.93. The van der Waals surface area contributed by atoms with Gasteiger partial charge in [0, 0.05) is 11.1 Å². The minimum absolute atomic E-state index is 0.193. The molecule has 0 saturated carbocycles. The Morgan fingerprint density at radius 2 is 1.60 bits per heavy atom. The summed E-state index contributed by atoms with van der Waals surface area (Å²) in [6, 6.07) is 23.8. The summed E-state index contributed by atoms with van der Waals surface area (Å²) in [5, 5.41) is 0. The molecule has 8 heteroatoms. The number of aromatic nitrogens is 1. The van der Waals surface area contributed by atoms with Gasteiger partial charge in [0.2, 0.25) is 0 Å². The summed E-state index contributed by atoms with van der Waals surface area (Å²) in [5.41, 5.74) is 2.85. The fourth-order valence-corrected chi connectivity index (χ4v) is 5.69. The van der Waals surface area contributed by atoms with Gasteiger partial charge in [0.05, 0.1) is 41.7 Å². The van der Waals surface area contributed by atoms with Crippen molar-refractivity contribution in [1.29, 1.82) is 0 Å². The molecule has 1 aliphatic heterocycles. The average molecular weight is 555 g/mol. The number of hydrogen-bond donors (Lipinski definition) is 0. The second kappa shape index (κ2) is 12.2. The zero-order valence-electron chi connectivity index (χ0n) is 22.6. The van der Waals surface area contributed by atoms with Gasteiger partial charge in [-0.2, -0.15) is 0 Å². The van der Waals surface area contributed by atoms with Gasteiger partial charge < -0.3 is 14.2 Å². The van der Waals surface area contributed by atoms with E-state index < -0.39 is 12.0 Å². The van der Waals surface area contributed by atoms with E-state index in [1.807, 2.05) is 98.8 Å². The monoisotopic (exact) mass is 554 g/mol. The van der Waals surface area contributed by atoms with Gasteiger partial charge in [-0.15, -0.1) is 0 Å². The van der Waals surface area contributed by atoms with E-state index in [0.717, 1.165) is 16.7 Å². The first-order chi connectivity index (χ1) is 19.5. The quantitative estimate of drug-likeness (QED) is 0.280. The smallest absolute Gasteiger partial charge is 0.338 e. The molecule has 0 bridgehead atoms. The molecule has 0 radical (unpaired) electrons. The van der Waals surface area contributed by atoms with Crippen LogP contribution < -0.4 is 24.4 Å². The average Bonchev–Trinajstić information content (AvgIpc) is 3.29. The molecule has 1 aromatic heterocycles. The van der Waals surface area contributed by atoms with Crippen molar-refractivity contribution in [1.82, 2.24) is 4.57 Å². The number of carbonyl (C=O) groups excluding carboxylic acids is 1. The number of fused-ring (bicyclic) bond motifs is 1. The Labute approximate surface area is 236 Å². The largest absolute Gasteiger partial charge is 0.494 e. The molecular formula is C32H30N2O5S. The van der Waals surface area contributed by atoms with Crippen LogP contribution in [0.4, 0.5) is 0 Å². The maximum atomic E-state index is 14.1. The maximum absolute atomic E-state index is 14.1. The van der Waals surface area contributed by atoms with Crippen LogP contribution in [0.15, 0.2) is 94.2 Å². The van der Waals surface area contributed by atoms with Crippen LogP contribution >= 0.6 is 11.3 Å². The molecule has 7 nitrogen and oxygen atoms in total. The van der Waals surface area contributed by atoms with E-state index >= 15 is 0 Å². The standard InChI is InChI=1S/C32H30N2O5S/c1-4-37-24-18-16-22(17-19-24)29-27(31(36)39-6-3)28(21-12-8-7-9-13-21)33-32-34(29)30(35)26(40-32)20-23-14-10-11-15-25(23)38-5-2/h7-20,29H,4-6H2,1-3H3/b26-20-/t29-/m1/s1. The minimum Gasteiger partial charge on any atom is -0.494 e. The second-order valence-electron chi connectivity index (χ2n) is 8.90. The van der Waals surface area contributed by atoms with Crippen molar-refractivity contribution in [3.8, 4) is 11.5 Å². The molecule has 0 amide bonds. The van der Waals surface area contributed by atoms with Crippen molar-refractivity contribution in [3.05, 3.63) is 121 Å². The van der Waals surface area contributed by atoms with Crippen molar-refractivity contribution in [2.45, 2.75) is 26.8 Å². The molecule has 204 valence electrons. The summed E-state index contributed by atoms with van der Waals surface area (Å²) in [4.78, 5) is 33.0. The number of esters is 1. The highest BCUT2D eigenvalue weighted by molar-refractivity contribution is 7.07. The normalized spacial score (nSPS) is 14.9. The van der Waals surface area contributed by atoms with Gasteiger partial charge in [-0.25, -0.2) is 9.79 Å². The lowest BCUT2D eigenvalue weighted by Gasteiger charge is -2.26. The molecule has 3 aromatic carbocycles. The van der Waals surface area contributed by atoms with E-state index in [4.69, 9.17) is 19.2 Å². The van der Waals surface area contributed by atoms with Crippen LogP contribution in [-0.4, -0.2) is 30.4 Å². The van der Waals surface area contributed by atoms with E-state index in [1.54, 1.807) is 11.5 Å². The van der Waals surface area contributed by atoms with Crippen LogP contribution in [0, 0.1) is 0 Å². The Bertz CT molecular complexity index is 1720. The first-order valence-electron chi connectivity index (χ1n) is 13.3. The lowest BCUT2D eigenvalue weighted by Crippen LogP contribution is -2.40. The van der Waals surface area contributed by atoms with E-state index in [0.29, 0.717) is 45.3 Å². The number of nitrogens with zero attached hydrogens (tertiary/aromatic N) is 2. The van der Waals surface area contributed by atoms with Gasteiger partial charge >= 0.3 is 5.97 Å². The Kier molecular flexibility index (Phi) is 8.26. The number of thiazole rings is 1. The molecule has 0 aliphatic carbocycles. The summed E-state index contributed by atoms with van der Waals surface area (Å²) in [5.74, 6) is 0.882. The molecule has 40 heavy (non-hydrogen) atoms. The maximum Gasteiger partial charge on any atom is 0.338 e. The third kappa shape index (κ3) is 5.35. The molecule has 4 aromatic rings. The minimum atomic E-state index is -0.745. The van der Waals surface area contributed by atoms with Crippen LogP contribution in [0.3, 0.4) is 0 Å². The number of hydrogen-bond acceptors (Lipinski definition) is 7. The van der Waals surface area contributed by atoms with E-state index in [1.165, 1.54) is 11.3 Å². The first kappa shape index (κ1) is 27.1. The highest BCUT2D eigenvalue weighted by Gasteiger charge is 2.35. The highest BCUT2D eigenvalue weighted by Crippen LogP contribution is 2.35. The zero-order valence-corrected chi connectivity index (χ0v) is 23.4. The fourth-order valence-electron chi connectivity index (χ4n) is 4.70. The predicted octanol–water partition coefficient (Wildman–Crippen LogP) is 4.73. The van der Waals surface area contributed by atoms with Gasteiger partial charge in [0.25, 0.3) is 5.56 Å². The summed E-state index contributed by atoms with van der Waals surface area (Å²) >= 11 is 1.28. The van der Waals surface area contributed by atoms with Crippen molar-refractivity contribution in [2.75, 3.05) is 19.8 Å². The van der Waals surface area contributed by atoms with Crippen LogP contribution in [0.2, 0.25) is 0 Å². The van der Waals surface area contributed by atoms with Gasteiger partial charge in [-0.1, -0.05) is 72.0 Å². The highest BCUT2D eigenvalue weighted by atomic mass is 32.1.